The fraction of sp³-hybridized carbons (Fsp3) is 0.0667. The van der Waals surface area contributed by atoms with Crippen molar-refractivity contribution in [3.8, 4) is 0 Å². The third-order valence-electron chi connectivity index (χ3n) is 3.05. The molecule has 1 N–H and O–H groups in total. The second kappa shape index (κ2) is 4.65. The summed E-state index contributed by atoms with van der Waals surface area (Å²) in [7, 11) is 0. The van der Waals surface area contributed by atoms with Crippen LogP contribution in [0.2, 0.25) is 0 Å². The van der Waals surface area contributed by atoms with E-state index in [0.717, 1.165) is 0 Å². The number of imidazole rings is 1. The van der Waals surface area contributed by atoms with Crippen molar-refractivity contribution in [2.45, 2.75) is 6.42 Å². The highest BCUT2D eigenvalue weighted by molar-refractivity contribution is 6.08. The Morgan fingerprint density at radius 2 is 1.95 bits per heavy atom. The minimum absolute atomic E-state index is 0.0776. The molecule has 94 valence electrons. The fourth-order valence-electron chi connectivity index (χ4n) is 2.15. The van der Waals surface area contributed by atoms with Gasteiger partial charge in [-0.25, -0.2) is 9.37 Å². The van der Waals surface area contributed by atoms with E-state index in [-0.39, 0.29) is 18.0 Å². The molecular formula is C15H11FN2O. The number of hydrogen-bond acceptors (Lipinski definition) is 2. The molecule has 19 heavy (non-hydrogen) atoms. The average Bonchev–Trinajstić information content (AvgIpc) is 2.92. The van der Waals surface area contributed by atoms with E-state index in [9.17, 15) is 9.18 Å². The second-order valence-corrected chi connectivity index (χ2v) is 4.28. The van der Waals surface area contributed by atoms with Crippen molar-refractivity contribution in [3.05, 3.63) is 66.0 Å². The number of aromatic nitrogens is 2. The summed E-state index contributed by atoms with van der Waals surface area (Å²) in [6.45, 7) is 0. The van der Waals surface area contributed by atoms with Crippen molar-refractivity contribution in [3.63, 3.8) is 0 Å². The van der Waals surface area contributed by atoms with E-state index in [1.54, 1.807) is 36.7 Å². The summed E-state index contributed by atoms with van der Waals surface area (Å²) in [5, 5.41) is 1.10. The largest absolute Gasteiger partial charge is 0.348 e. The molecule has 0 amide bonds. The van der Waals surface area contributed by atoms with Gasteiger partial charge in [-0.3, -0.25) is 4.79 Å². The lowest BCUT2D eigenvalue weighted by Gasteiger charge is -2.05. The molecule has 3 nitrogen and oxygen atoms in total. The normalized spacial score (nSPS) is 10.8. The lowest BCUT2D eigenvalue weighted by molar-refractivity contribution is 0.0992. The van der Waals surface area contributed by atoms with Crippen LogP contribution in [0.4, 0.5) is 4.39 Å². The zero-order valence-corrected chi connectivity index (χ0v) is 10.1. The van der Waals surface area contributed by atoms with Crippen LogP contribution in [0.1, 0.15) is 16.2 Å². The molecule has 0 aliphatic heterocycles. The lowest BCUT2D eigenvalue weighted by Crippen LogP contribution is -2.06. The number of aromatic amines is 1. The van der Waals surface area contributed by atoms with Gasteiger partial charge in [0, 0.05) is 23.3 Å². The van der Waals surface area contributed by atoms with Gasteiger partial charge in [0.05, 0.1) is 6.42 Å². The van der Waals surface area contributed by atoms with Gasteiger partial charge in [0.1, 0.15) is 11.6 Å². The molecule has 1 heterocycles. The number of halogens is 1. The molecule has 2 aromatic carbocycles. The number of carbonyl (C=O) groups excluding carboxylic acids is 1. The minimum Gasteiger partial charge on any atom is -0.348 e. The molecule has 0 bridgehead atoms. The topological polar surface area (TPSA) is 45.8 Å². The van der Waals surface area contributed by atoms with Gasteiger partial charge >= 0.3 is 0 Å². The molecule has 0 aliphatic carbocycles. The standard InChI is InChI=1S/C15H11FN2O/c16-13-6-5-12(10-3-1-2-4-11(10)13)14(19)9-15-17-7-8-18-15/h1-8H,9H2,(H,17,18). The Morgan fingerprint density at radius 3 is 2.68 bits per heavy atom. The van der Waals surface area contributed by atoms with Crippen LogP contribution in [-0.4, -0.2) is 15.8 Å². The third-order valence-corrected chi connectivity index (χ3v) is 3.05. The van der Waals surface area contributed by atoms with Gasteiger partial charge in [0.25, 0.3) is 0 Å². The smallest absolute Gasteiger partial charge is 0.170 e. The monoisotopic (exact) mass is 254 g/mol. The number of ketones is 1. The van der Waals surface area contributed by atoms with Crippen molar-refractivity contribution in [2.24, 2.45) is 0 Å². The highest BCUT2D eigenvalue weighted by Gasteiger charge is 2.13. The van der Waals surface area contributed by atoms with Crippen LogP contribution in [0.3, 0.4) is 0 Å². The summed E-state index contributed by atoms with van der Waals surface area (Å²) >= 11 is 0. The van der Waals surface area contributed by atoms with Crippen LogP contribution in [0, 0.1) is 5.82 Å². The second-order valence-electron chi connectivity index (χ2n) is 4.28. The van der Waals surface area contributed by atoms with Gasteiger partial charge in [-0.2, -0.15) is 0 Å². The minimum atomic E-state index is -0.315. The number of H-pyrrole nitrogens is 1. The molecule has 0 unspecified atom stereocenters. The molecule has 0 atom stereocenters. The maximum Gasteiger partial charge on any atom is 0.170 e. The predicted octanol–water partition coefficient (Wildman–Crippen LogP) is 3.13. The number of hydrogen-bond donors (Lipinski definition) is 1. The zero-order chi connectivity index (χ0) is 13.2. The number of benzene rings is 2. The molecule has 1 aromatic heterocycles. The van der Waals surface area contributed by atoms with Crippen molar-refractivity contribution < 1.29 is 9.18 Å². The first-order chi connectivity index (χ1) is 9.25. The van der Waals surface area contributed by atoms with Crippen LogP contribution >= 0.6 is 0 Å². The maximum absolute atomic E-state index is 13.7. The molecule has 3 rings (SSSR count). The third kappa shape index (κ3) is 2.12. The number of rotatable bonds is 3. The molecule has 0 spiro atoms. The number of carbonyl (C=O) groups is 1. The Morgan fingerprint density at radius 1 is 1.16 bits per heavy atom. The quantitative estimate of drug-likeness (QED) is 0.730. The van der Waals surface area contributed by atoms with Crippen LogP contribution < -0.4 is 0 Å². The Kier molecular flexibility index (Phi) is 2.83. The summed E-state index contributed by atoms with van der Waals surface area (Å²) < 4.78 is 13.7. The van der Waals surface area contributed by atoms with Gasteiger partial charge in [-0.05, 0) is 17.5 Å². The van der Waals surface area contributed by atoms with E-state index in [2.05, 4.69) is 9.97 Å². The Hall–Kier alpha value is -2.49. The van der Waals surface area contributed by atoms with Crippen molar-refractivity contribution in [1.29, 1.82) is 0 Å². The molecular weight excluding hydrogens is 243 g/mol. The molecule has 0 saturated carbocycles. The van der Waals surface area contributed by atoms with E-state index < -0.39 is 0 Å². The van der Waals surface area contributed by atoms with Gasteiger partial charge in [0.2, 0.25) is 0 Å². The predicted molar refractivity (Wildman–Crippen MR) is 70.5 cm³/mol. The highest BCUT2D eigenvalue weighted by atomic mass is 19.1. The van der Waals surface area contributed by atoms with Crippen molar-refractivity contribution in [2.75, 3.05) is 0 Å². The zero-order valence-electron chi connectivity index (χ0n) is 10.1. The number of fused-ring (bicyclic) bond motifs is 1. The van der Waals surface area contributed by atoms with E-state index in [0.29, 0.717) is 22.2 Å². The Labute approximate surface area is 109 Å². The lowest BCUT2D eigenvalue weighted by atomic mass is 9.99. The SMILES string of the molecule is O=C(Cc1ncc[nH]1)c1ccc(F)c2ccccc12. The molecule has 0 radical (unpaired) electrons. The summed E-state index contributed by atoms with van der Waals surface area (Å²) in [4.78, 5) is 19.2. The summed E-state index contributed by atoms with van der Waals surface area (Å²) in [6, 6.07) is 9.85. The first-order valence-corrected chi connectivity index (χ1v) is 5.94. The maximum atomic E-state index is 13.7. The highest BCUT2D eigenvalue weighted by Crippen LogP contribution is 2.22. The van der Waals surface area contributed by atoms with Gasteiger partial charge in [-0.1, -0.05) is 24.3 Å². The van der Waals surface area contributed by atoms with Crippen LogP contribution in [0.5, 0.6) is 0 Å². The van der Waals surface area contributed by atoms with Crippen molar-refractivity contribution in [1.82, 2.24) is 9.97 Å². The first-order valence-electron chi connectivity index (χ1n) is 5.94. The number of nitrogens with one attached hydrogen (secondary N) is 1. The van der Waals surface area contributed by atoms with E-state index in [1.165, 1.54) is 12.1 Å². The molecule has 3 aromatic rings. The summed E-state index contributed by atoms with van der Waals surface area (Å²) in [6.07, 6.45) is 3.46. The molecule has 4 heteroatoms. The fourth-order valence-corrected chi connectivity index (χ4v) is 2.15. The van der Waals surface area contributed by atoms with Crippen molar-refractivity contribution >= 4 is 16.6 Å². The summed E-state index contributed by atoms with van der Waals surface area (Å²) in [5.41, 5.74) is 0.522. The van der Waals surface area contributed by atoms with Crippen LogP contribution in [0.25, 0.3) is 10.8 Å². The van der Waals surface area contributed by atoms with Crippen LogP contribution in [-0.2, 0) is 6.42 Å². The molecule has 0 aliphatic rings. The van der Waals surface area contributed by atoms with Crippen LogP contribution in [0.15, 0.2) is 48.8 Å². The number of Topliss-reactive ketones (excluding diaryl/α,β-unsaturated/α-hetero) is 1. The Bertz CT molecular complexity index is 735. The number of nitrogens with zero attached hydrogens (tertiary/aromatic N) is 1. The van der Waals surface area contributed by atoms with Gasteiger partial charge < -0.3 is 4.98 Å². The first kappa shape index (κ1) is 11.6. The van der Waals surface area contributed by atoms with E-state index in [1.807, 2.05) is 0 Å². The van der Waals surface area contributed by atoms with E-state index >= 15 is 0 Å². The molecule has 0 fully saturated rings. The summed E-state index contributed by atoms with van der Waals surface area (Å²) in [5.74, 6) is 0.217. The van der Waals surface area contributed by atoms with Gasteiger partial charge in [-0.15, -0.1) is 0 Å². The molecule has 0 saturated heterocycles. The Balaban J connectivity index is 2.05. The average molecular weight is 254 g/mol. The van der Waals surface area contributed by atoms with Gasteiger partial charge in [0.15, 0.2) is 5.78 Å². The van der Waals surface area contributed by atoms with E-state index in [4.69, 9.17) is 0 Å².